The molecule has 0 radical (unpaired) electrons. The first kappa shape index (κ1) is 10.4. The molecule has 1 aliphatic heterocycles. The second-order valence-corrected chi connectivity index (χ2v) is 4.55. The molecule has 1 heterocycles. The van der Waals surface area contributed by atoms with Crippen LogP contribution >= 0.6 is 0 Å². The van der Waals surface area contributed by atoms with Crippen LogP contribution in [0, 0.1) is 6.92 Å². The van der Waals surface area contributed by atoms with E-state index in [-0.39, 0.29) is 0 Å². The fraction of sp³-hybridized carbons (Fsp3) is 0.200. The molecule has 2 nitrogen and oxygen atoms in total. The van der Waals surface area contributed by atoms with Crippen molar-refractivity contribution in [3.8, 4) is 11.1 Å². The molecule has 2 N–H and O–H groups in total. The smallest absolute Gasteiger partial charge is 0.0725 e. The molecule has 0 spiro atoms. The van der Waals surface area contributed by atoms with E-state index in [1.165, 1.54) is 27.8 Å². The average molecular weight is 225 g/mol. The number of hydrogen-bond acceptors (Lipinski definition) is 2. The number of aryl methyl sites for hydroxylation is 1. The van der Waals surface area contributed by atoms with Gasteiger partial charge in [0.25, 0.3) is 0 Å². The highest BCUT2D eigenvalue weighted by Crippen LogP contribution is 2.29. The molecule has 17 heavy (non-hydrogen) atoms. The van der Waals surface area contributed by atoms with E-state index in [4.69, 9.17) is 10.5 Å². The second-order valence-electron chi connectivity index (χ2n) is 4.55. The van der Waals surface area contributed by atoms with Gasteiger partial charge in [-0.3, -0.25) is 0 Å². The third-order valence-electron chi connectivity index (χ3n) is 3.28. The van der Waals surface area contributed by atoms with Crippen LogP contribution in [0.1, 0.15) is 16.7 Å². The highest BCUT2D eigenvalue weighted by molar-refractivity contribution is 5.70. The van der Waals surface area contributed by atoms with Crippen molar-refractivity contribution < 1.29 is 4.74 Å². The molecule has 1 aliphatic rings. The van der Waals surface area contributed by atoms with Crippen LogP contribution in [0.5, 0.6) is 0 Å². The zero-order chi connectivity index (χ0) is 11.8. The summed E-state index contributed by atoms with van der Waals surface area (Å²) in [6.45, 7) is 3.57. The monoisotopic (exact) mass is 225 g/mol. The third kappa shape index (κ3) is 1.81. The minimum Gasteiger partial charge on any atom is -0.399 e. The Morgan fingerprint density at radius 3 is 2.65 bits per heavy atom. The zero-order valence-corrected chi connectivity index (χ0v) is 9.86. The molecule has 0 aliphatic carbocycles. The van der Waals surface area contributed by atoms with Gasteiger partial charge in [-0.25, -0.2) is 0 Å². The minimum absolute atomic E-state index is 0.733. The van der Waals surface area contributed by atoms with E-state index in [1.807, 2.05) is 12.1 Å². The molecule has 3 rings (SSSR count). The first-order valence-corrected chi connectivity index (χ1v) is 5.80. The molecule has 2 heteroatoms. The fourth-order valence-electron chi connectivity index (χ4n) is 2.35. The maximum Gasteiger partial charge on any atom is 0.0725 e. The molecule has 2 aromatic rings. The maximum absolute atomic E-state index is 5.78. The van der Waals surface area contributed by atoms with Gasteiger partial charge in [0.05, 0.1) is 13.2 Å². The van der Waals surface area contributed by atoms with Crippen molar-refractivity contribution in [2.75, 3.05) is 5.73 Å². The van der Waals surface area contributed by atoms with Crippen molar-refractivity contribution in [2.24, 2.45) is 0 Å². The number of anilines is 1. The SMILES string of the molecule is Cc1cc(N)ccc1-c1ccc2c(c1)COC2. The average Bonchev–Trinajstić information content (AvgIpc) is 2.75. The Hall–Kier alpha value is -1.80. The number of nitrogens with two attached hydrogens (primary N) is 1. The van der Waals surface area contributed by atoms with Gasteiger partial charge >= 0.3 is 0 Å². The molecular weight excluding hydrogens is 210 g/mol. The van der Waals surface area contributed by atoms with Gasteiger partial charge in [0.2, 0.25) is 0 Å². The lowest BCUT2D eigenvalue weighted by Crippen LogP contribution is -1.90. The van der Waals surface area contributed by atoms with E-state index in [1.54, 1.807) is 0 Å². The van der Waals surface area contributed by atoms with Gasteiger partial charge in [-0.1, -0.05) is 18.2 Å². The van der Waals surface area contributed by atoms with E-state index >= 15 is 0 Å². The van der Waals surface area contributed by atoms with Crippen molar-refractivity contribution in [2.45, 2.75) is 20.1 Å². The molecule has 86 valence electrons. The molecule has 0 amide bonds. The molecule has 0 unspecified atom stereocenters. The lowest BCUT2D eigenvalue weighted by molar-refractivity contribution is 0.134. The third-order valence-corrected chi connectivity index (χ3v) is 3.28. The molecule has 2 aromatic carbocycles. The number of fused-ring (bicyclic) bond motifs is 1. The van der Waals surface area contributed by atoms with E-state index < -0.39 is 0 Å². The first-order valence-electron chi connectivity index (χ1n) is 5.80. The van der Waals surface area contributed by atoms with Gasteiger partial charge in [-0.15, -0.1) is 0 Å². The molecule has 0 bridgehead atoms. The van der Waals surface area contributed by atoms with Crippen LogP contribution in [0.4, 0.5) is 5.69 Å². The van der Waals surface area contributed by atoms with Gasteiger partial charge < -0.3 is 10.5 Å². The van der Waals surface area contributed by atoms with E-state index in [0.717, 1.165) is 18.9 Å². The van der Waals surface area contributed by atoms with Crippen molar-refractivity contribution >= 4 is 5.69 Å². The van der Waals surface area contributed by atoms with Gasteiger partial charge in [0.1, 0.15) is 0 Å². The Morgan fingerprint density at radius 1 is 1.00 bits per heavy atom. The Kier molecular flexibility index (Phi) is 2.37. The summed E-state index contributed by atoms with van der Waals surface area (Å²) in [5, 5.41) is 0. The summed E-state index contributed by atoms with van der Waals surface area (Å²) in [7, 11) is 0. The Morgan fingerprint density at radius 2 is 1.82 bits per heavy atom. The minimum atomic E-state index is 0.733. The quantitative estimate of drug-likeness (QED) is 0.756. The number of ether oxygens (including phenoxy) is 1. The van der Waals surface area contributed by atoms with Gasteiger partial charge in [0, 0.05) is 5.69 Å². The molecular formula is C15H15NO. The van der Waals surface area contributed by atoms with Crippen LogP contribution in [-0.2, 0) is 18.0 Å². The lowest BCUT2D eigenvalue weighted by Gasteiger charge is -2.08. The predicted octanol–water partition coefficient (Wildman–Crippen LogP) is 3.27. The van der Waals surface area contributed by atoms with Crippen molar-refractivity contribution in [3.63, 3.8) is 0 Å². The number of hydrogen-bond donors (Lipinski definition) is 1. The van der Waals surface area contributed by atoms with Crippen LogP contribution in [0.25, 0.3) is 11.1 Å². The lowest BCUT2D eigenvalue weighted by atomic mass is 9.97. The van der Waals surface area contributed by atoms with E-state index in [9.17, 15) is 0 Å². The molecule has 0 fully saturated rings. The number of rotatable bonds is 1. The summed E-state index contributed by atoms with van der Waals surface area (Å²) in [6, 6.07) is 12.6. The first-order chi connectivity index (χ1) is 8.24. The summed E-state index contributed by atoms with van der Waals surface area (Å²) in [5.41, 5.74) is 12.9. The zero-order valence-electron chi connectivity index (χ0n) is 9.86. The van der Waals surface area contributed by atoms with Crippen LogP contribution in [0.2, 0.25) is 0 Å². The summed E-state index contributed by atoms with van der Waals surface area (Å²) in [6.07, 6.45) is 0. The standard InChI is InChI=1S/C15H15NO/c1-10-6-14(16)4-5-15(10)11-2-3-12-8-17-9-13(12)7-11/h2-7H,8-9,16H2,1H3. The number of nitrogen functional groups attached to an aromatic ring is 1. The summed E-state index contributed by atoms with van der Waals surface area (Å²) in [5.74, 6) is 0. The molecule has 0 aromatic heterocycles. The molecule has 0 saturated heterocycles. The largest absolute Gasteiger partial charge is 0.399 e. The highest BCUT2D eigenvalue weighted by atomic mass is 16.5. The van der Waals surface area contributed by atoms with Crippen molar-refractivity contribution in [1.82, 2.24) is 0 Å². The maximum atomic E-state index is 5.78. The Bertz CT molecular complexity index is 575. The van der Waals surface area contributed by atoms with Crippen LogP contribution in [0.15, 0.2) is 36.4 Å². The second kappa shape index (κ2) is 3.90. The predicted molar refractivity (Wildman–Crippen MR) is 69.5 cm³/mol. The molecule has 0 atom stereocenters. The van der Waals surface area contributed by atoms with Crippen LogP contribution in [0.3, 0.4) is 0 Å². The van der Waals surface area contributed by atoms with Crippen LogP contribution < -0.4 is 5.73 Å². The normalized spacial score (nSPS) is 13.7. The summed E-state index contributed by atoms with van der Waals surface area (Å²) < 4.78 is 5.44. The van der Waals surface area contributed by atoms with Crippen molar-refractivity contribution in [3.05, 3.63) is 53.1 Å². The highest BCUT2D eigenvalue weighted by Gasteiger charge is 2.12. The van der Waals surface area contributed by atoms with E-state index in [0.29, 0.717) is 0 Å². The summed E-state index contributed by atoms with van der Waals surface area (Å²) >= 11 is 0. The fourth-order valence-corrected chi connectivity index (χ4v) is 2.35. The summed E-state index contributed by atoms with van der Waals surface area (Å²) in [4.78, 5) is 0. The van der Waals surface area contributed by atoms with Gasteiger partial charge in [0.15, 0.2) is 0 Å². The topological polar surface area (TPSA) is 35.2 Å². The Balaban J connectivity index is 2.09. The van der Waals surface area contributed by atoms with Gasteiger partial charge in [-0.05, 0) is 52.9 Å². The molecule has 0 saturated carbocycles. The van der Waals surface area contributed by atoms with Crippen LogP contribution in [-0.4, -0.2) is 0 Å². The van der Waals surface area contributed by atoms with Gasteiger partial charge in [-0.2, -0.15) is 0 Å². The van der Waals surface area contributed by atoms with Crippen molar-refractivity contribution in [1.29, 1.82) is 0 Å². The number of benzene rings is 2. The Labute approximate surface area is 101 Å². The van der Waals surface area contributed by atoms with E-state index in [2.05, 4.69) is 31.2 Å².